The zero-order valence-corrected chi connectivity index (χ0v) is 8.47. The van der Waals surface area contributed by atoms with Crippen LogP contribution in [0.3, 0.4) is 0 Å². The molecule has 0 spiro atoms. The molecule has 0 amide bonds. The van der Waals surface area contributed by atoms with E-state index in [-0.39, 0.29) is 35.3 Å². The maximum atomic E-state index is 10.5. The van der Waals surface area contributed by atoms with Crippen molar-refractivity contribution >= 4 is 55.6 Å². The second-order valence-corrected chi connectivity index (χ2v) is 4.62. The van der Waals surface area contributed by atoms with Crippen LogP contribution in [0.4, 0.5) is 0 Å². The summed E-state index contributed by atoms with van der Waals surface area (Å²) < 4.78 is 30.2. The van der Waals surface area contributed by atoms with Crippen molar-refractivity contribution in [2.75, 3.05) is 0 Å². The van der Waals surface area contributed by atoms with Crippen molar-refractivity contribution in [3.63, 3.8) is 0 Å². The number of halogens is 1. The molecule has 0 unspecified atom stereocenters. The van der Waals surface area contributed by atoms with Gasteiger partial charge in [-0.25, -0.2) is 0 Å². The Morgan fingerprint density at radius 3 is 2.31 bits per heavy atom. The standard InChI is InChI=1S/C7H7BrO3S.Na.H/c8-7-4-2-1-3-6(7)5-12(9,10)11;;/h1-4H,5H2,(H,9,10,11);;. The summed E-state index contributed by atoms with van der Waals surface area (Å²) in [5.74, 6) is -0.353. The molecule has 6 heteroatoms. The number of hydrogen-bond acceptors (Lipinski definition) is 2. The van der Waals surface area contributed by atoms with Crippen molar-refractivity contribution in [3.05, 3.63) is 34.3 Å². The third-order valence-corrected chi connectivity index (χ3v) is 2.75. The SMILES string of the molecule is O=S(=O)(O)Cc1ccccc1Br.[NaH]. The van der Waals surface area contributed by atoms with Gasteiger partial charge in [0.15, 0.2) is 0 Å². The fourth-order valence-electron chi connectivity index (χ4n) is 0.812. The molecule has 0 saturated carbocycles. The molecule has 0 radical (unpaired) electrons. The summed E-state index contributed by atoms with van der Waals surface area (Å²) in [5, 5.41) is 0. The molecule has 68 valence electrons. The molecule has 0 bridgehead atoms. The zero-order chi connectivity index (χ0) is 9.19. The molecule has 1 aromatic rings. The van der Waals surface area contributed by atoms with Crippen molar-refractivity contribution in [1.29, 1.82) is 0 Å². The third kappa shape index (κ3) is 5.15. The molecule has 0 aliphatic carbocycles. The van der Waals surface area contributed by atoms with Gasteiger partial charge in [-0.2, -0.15) is 8.42 Å². The Balaban J connectivity index is 0.00000144. The first-order chi connectivity index (χ1) is 5.49. The van der Waals surface area contributed by atoms with Crippen LogP contribution in [0.2, 0.25) is 0 Å². The van der Waals surface area contributed by atoms with Crippen LogP contribution in [0.5, 0.6) is 0 Å². The molecule has 1 rings (SSSR count). The van der Waals surface area contributed by atoms with Gasteiger partial charge in [-0.1, -0.05) is 34.1 Å². The molecule has 0 aliphatic heterocycles. The average Bonchev–Trinajstić information content (AvgIpc) is 1.91. The van der Waals surface area contributed by atoms with Crippen molar-refractivity contribution in [1.82, 2.24) is 0 Å². The maximum absolute atomic E-state index is 10.5. The molecule has 0 aliphatic rings. The fraction of sp³-hybridized carbons (Fsp3) is 0.143. The van der Waals surface area contributed by atoms with Gasteiger partial charge < -0.3 is 0 Å². The average molecular weight is 275 g/mol. The Morgan fingerprint density at radius 2 is 1.85 bits per heavy atom. The van der Waals surface area contributed by atoms with Gasteiger partial charge in [-0.15, -0.1) is 0 Å². The quantitative estimate of drug-likeness (QED) is 0.651. The number of hydrogen-bond donors (Lipinski definition) is 1. The van der Waals surface area contributed by atoms with E-state index in [9.17, 15) is 8.42 Å². The summed E-state index contributed by atoms with van der Waals surface area (Å²) in [4.78, 5) is 0. The van der Waals surface area contributed by atoms with Gasteiger partial charge in [0, 0.05) is 4.47 Å². The normalized spacial score (nSPS) is 10.6. The van der Waals surface area contributed by atoms with E-state index in [1.54, 1.807) is 24.3 Å². The van der Waals surface area contributed by atoms with Crippen molar-refractivity contribution in [2.45, 2.75) is 5.75 Å². The van der Waals surface area contributed by atoms with E-state index in [1.165, 1.54) is 0 Å². The second-order valence-electron chi connectivity index (χ2n) is 2.32. The van der Waals surface area contributed by atoms with E-state index in [1.807, 2.05) is 0 Å². The summed E-state index contributed by atoms with van der Waals surface area (Å²) in [5.41, 5.74) is 0.556. The zero-order valence-electron chi connectivity index (χ0n) is 6.07. The van der Waals surface area contributed by atoms with Gasteiger partial charge in [0.1, 0.15) is 5.75 Å². The fourth-order valence-corrected chi connectivity index (χ4v) is 2.07. The Labute approximate surface area is 108 Å². The molecule has 0 aromatic heterocycles. The summed E-state index contributed by atoms with van der Waals surface area (Å²) in [6.45, 7) is 0. The van der Waals surface area contributed by atoms with Crippen LogP contribution in [0.25, 0.3) is 0 Å². The molecule has 1 aromatic carbocycles. The van der Waals surface area contributed by atoms with Crippen molar-refractivity contribution < 1.29 is 13.0 Å². The monoisotopic (exact) mass is 274 g/mol. The molecule has 13 heavy (non-hydrogen) atoms. The molecule has 0 fully saturated rings. The van der Waals surface area contributed by atoms with Crippen LogP contribution < -0.4 is 0 Å². The van der Waals surface area contributed by atoms with Crippen LogP contribution in [0, 0.1) is 0 Å². The van der Waals surface area contributed by atoms with Gasteiger partial charge in [-0.3, -0.25) is 4.55 Å². The van der Waals surface area contributed by atoms with Crippen LogP contribution in [-0.2, 0) is 15.9 Å². The minimum atomic E-state index is -3.93. The Hall–Kier alpha value is 0.610. The molecule has 0 saturated heterocycles. The molecule has 0 heterocycles. The first kappa shape index (κ1) is 13.6. The van der Waals surface area contributed by atoms with E-state index < -0.39 is 10.1 Å². The molecule has 1 N–H and O–H groups in total. The topological polar surface area (TPSA) is 54.4 Å². The van der Waals surface area contributed by atoms with E-state index in [2.05, 4.69) is 15.9 Å². The van der Waals surface area contributed by atoms with E-state index in [0.717, 1.165) is 0 Å². The van der Waals surface area contributed by atoms with Gasteiger partial charge >= 0.3 is 29.6 Å². The van der Waals surface area contributed by atoms with Crippen LogP contribution in [0.15, 0.2) is 28.7 Å². The summed E-state index contributed by atoms with van der Waals surface area (Å²) in [6, 6.07) is 6.85. The minimum absolute atomic E-state index is 0. The molecule has 3 nitrogen and oxygen atoms in total. The van der Waals surface area contributed by atoms with Crippen molar-refractivity contribution in [2.24, 2.45) is 0 Å². The van der Waals surface area contributed by atoms with E-state index in [0.29, 0.717) is 10.0 Å². The second kappa shape index (κ2) is 5.48. The van der Waals surface area contributed by atoms with Crippen LogP contribution in [0.1, 0.15) is 5.56 Å². The van der Waals surface area contributed by atoms with Gasteiger partial charge in [0.05, 0.1) is 0 Å². The Bertz CT molecular complexity index is 377. The van der Waals surface area contributed by atoms with Gasteiger partial charge in [0.25, 0.3) is 10.1 Å². The summed E-state index contributed by atoms with van der Waals surface area (Å²) >= 11 is 3.17. The predicted molar refractivity (Wildman–Crippen MR) is 56.5 cm³/mol. The van der Waals surface area contributed by atoms with E-state index in [4.69, 9.17) is 4.55 Å². The summed E-state index contributed by atoms with van der Waals surface area (Å²) in [7, 11) is -3.93. The molecular formula is C7H8BrNaO3S. The number of rotatable bonds is 2. The Kier molecular flexibility index (Phi) is 5.74. The van der Waals surface area contributed by atoms with Crippen LogP contribution >= 0.6 is 15.9 Å². The molecule has 0 atom stereocenters. The molecular weight excluding hydrogens is 267 g/mol. The number of benzene rings is 1. The Morgan fingerprint density at radius 1 is 1.31 bits per heavy atom. The van der Waals surface area contributed by atoms with E-state index >= 15 is 0 Å². The van der Waals surface area contributed by atoms with Crippen LogP contribution in [-0.4, -0.2) is 42.5 Å². The van der Waals surface area contributed by atoms with Crippen molar-refractivity contribution in [3.8, 4) is 0 Å². The van der Waals surface area contributed by atoms with Gasteiger partial charge in [0.2, 0.25) is 0 Å². The summed E-state index contributed by atoms with van der Waals surface area (Å²) in [6.07, 6.45) is 0. The first-order valence-corrected chi connectivity index (χ1v) is 5.58. The third-order valence-electron chi connectivity index (χ3n) is 1.30. The first-order valence-electron chi connectivity index (χ1n) is 3.17. The predicted octanol–water partition coefficient (Wildman–Crippen LogP) is 1.19. The van der Waals surface area contributed by atoms with Gasteiger partial charge in [-0.05, 0) is 11.6 Å².